The average Bonchev–Trinajstić information content (AvgIpc) is 2.66. The molecule has 0 saturated carbocycles. The van der Waals surface area contributed by atoms with Crippen LogP contribution in [0.1, 0.15) is 36.1 Å². The molecule has 0 aliphatic rings. The number of hydrogen-bond donors (Lipinski definition) is 2. The molecule has 0 radical (unpaired) electrons. The summed E-state index contributed by atoms with van der Waals surface area (Å²) in [5.74, 6) is 0.871. The summed E-state index contributed by atoms with van der Waals surface area (Å²) in [7, 11) is 3.70. The van der Waals surface area contributed by atoms with E-state index in [0.717, 1.165) is 34.7 Å². The topological polar surface area (TPSA) is 59.6 Å². The minimum absolute atomic E-state index is 0.535. The van der Waals surface area contributed by atoms with E-state index in [1.165, 1.54) is 11.1 Å². The summed E-state index contributed by atoms with van der Waals surface area (Å²) in [4.78, 5) is 4.12. The number of nitrogens with zero attached hydrogens (tertiary/aromatic N) is 1. The van der Waals surface area contributed by atoms with Crippen LogP contribution >= 0.6 is 0 Å². The van der Waals surface area contributed by atoms with Crippen molar-refractivity contribution in [2.75, 3.05) is 19.4 Å². The number of benzene rings is 2. The molecule has 138 valence electrons. The molecule has 0 heterocycles. The Morgan fingerprint density at radius 2 is 2.04 bits per heavy atom. The van der Waals surface area contributed by atoms with Crippen molar-refractivity contribution >= 4 is 17.1 Å². The Morgan fingerprint density at radius 3 is 2.65 bits per heavy atom. The van der Waals surface area contributed by atoms with Crippen molar-refractivity contribution in [3.8, 4) is 5.75 Å². The second-order valence-corrected chi connectivity index (χ2v) is 6.28. The molecule has 0 bridgehead atoms. The lowest BCUT2D eigenvalue weighted by Crippen LogP contribution is -2.05. The number of allylic oxidation sites excluding steroid dienone is 1. The number of ether oxygens (including phenoxy) is 1. The minimum Gasteiger partial charge on any atom is -0.489 e. The number of hydrogen-bond acceptors (Lipinski definition) is 4. The first-order chi connectivity index (χ1) is 12.5. The van der Waals surface area contributed by atoms with Gasteiger partial charge in [0.05, 0.1) is 0 Å². The standard InChI is InChI=1S/C22H29N3O/c1-6-17-8-7-9-21(25-5)19(17)14-26-22-11-10-18(12-15(22)2)20(23)13-16(3)24-4/h7-13,25H,6,14,23H2,1-5H3. The van der Waals surface area contributed by atoms with Gasteiger partial charge in [-0.15, -0.1) is 0 Å². The van der Waals surface area contributed by atoms with Gasteiger partial charge in [0.2, 0.25) is 0 Å². The van der Waals surface area contributed by atoms with Crippen LogP contribution in [0.2, 0.25) is 0 Å². The molecular weight excluding hydrogens is 322 g/mol. The van der Waals surface area contributed by atoms with E-state index < -0.39 is 0 Å². The number of rotatable bonds is 7. The van der Waals surface area contributed by atoms with Crippen molar-refractivity contribution in [2.45, 2.75) is 33.8 Å². The monoisotopic (exact) mass is 351 g/mol. The van der Waals surface area contributed by atoms with E-state index >= 15 is 0 Å². The first kappa shape index (κ1) is 19.6. The molecule has 0 amide bonds. The van der Waals surface area contributed by atoms with Gasteiger partial charge >= 0.3 is 0 Å². The molecule has 0 fully saturated rings. The van der Waals surface area contributed by atoms with Gasteiger partial charge in [-0.2, -0.15) is 0 Å². The van der Waals surface area contributed by atoms with Crippen LogP contribution in [0.15, 0.2) is 47.5 Å². The molecule has 2 aromatic carbocycles. The molecule has 0 saturated heterocycles. The Bertz CT molecular complexity index is 800. The summed E-state index contributed by atoms with van der Waals surface area (Å²) in [5, 5.41) is 3.25. The first-order valence-electron chi connectivity index (χ1n) is 8.93. The Kier molecular flexibility index (Phi) is 6.84. The molecule has 2 aromatic rings. The van der Waals surface area contributed by atoms with Crippen LogP contribution in [-0.4, -0.2) is 19.8 Å². The summed E-state index contributed by atoms with van der Waals surface area (Å²) >= 11 is 0. The van der Waals surface area contributed by atoms with Crippen LogP contribution in [0.25, 0.3) is 5.70 Å². The average molecular weight is 351 g/mol. The van der Waals surface area contributed by atoms with Crippen LogP contribution in [0, 0.1) is 6.92 Å². The zero-order valence-corrected chi connectivity index (χ0v) is 16.4. The van der Waals surface area contributed by atoms with Gasteiger partial charge in [-0.3, -0.25) is 4.99 Å². The van der Waals surface area contributed by atoms with Crippen molar-refractivity contribution in [1.29, 1.82) is 0 Å². The lowest BCUT2D eigenvalue weighted by molar-refractivity contribution is 0.303. The van der Waals surface area contributed by atoms with Gasteiger partial charge in [-0.25, -0.2) is 0 Å². The fraction of sp³-hybridized carbons (Fsp3) is 0.318. The fourth-order valence-corrected chi connectivity index (χ4v) is 2.88. The second kappa shape index (κ2) is 9.09. The number of anilines is 1. The highest BCUT2D eigenvalue weighted by atomic mass is 16.5. The van der Waals surface area contributed by atoms with E-state index in [1.807, 2.05) is 39.1 Å². The van der Waals surface area contributed by atoms with Crippen molar-refractivity contribution < 1.29 is 4.74 Å². The number of nitrogens with two attached hydrogens (primary N) is 1. The van der Waals surface area contributed by atoms with Gasteiger partial charge in [0.15, 0.2) is 0 Å². The Hall–Kier alpha value is -2.75. The number of aliphatic imine (C=N–C) groups is 1. The first-order valence-corrected chi connectivity index (χ1v) is 8.93. The lowest BCUT2D eigenvalue weighted by Gasteiger charge is -2.16. The fourth-order valence-electron chi connectivity index (χ4n) is 2.88. The van der Waals surface area contributed by atoms with Gasteiger partial charge < -0.3 is 15.8 Å². The predicted octanol–water partition coefficient (Wildman–Crippen LogP) is 4.57. The zero-order valence-electron chi connectivity index (χ0n) is 16.4. The normalized spacial score (nSPS) is 12.2. The molecule has 0 aliphatic heterocycles. The summed E-state index contributed by atoms with van der Waals surface area (Å²) < 4.78 is 6.12. The van der Waals surface area contributed by atoms with Crippen molar-refractivity contribution in [1.82, 2.24) is 0 Å². The van der Waals surface area contributed by atoms with Gasteiger partial charge in [-0.1, -0.05) is 19.1 Å². The van der Waals surface area contributed by atoms with Gasteiger partial charge in [0, 0.05) is 36.8 Å². The molecule has 0 unspecified atom stereocenters. The van der Waals surface area contributed by atoms with Crippen LogP contribution < -0.4 is 15.8 Å². The Morgan fingerprint density at radius 1 is 1.27 bits per heavy atom. The lowest BCUT2D eigenvalue weighted by atomic mass is 10.0. The third-order valence-corrected chi connectivity index (χ3v) is 4.52. The van der Waals surface area contributed by atoms with Crippen molar-refractivity contribution in [3.05, 3.63) is 64.7 Å². The third-order valence-electron chi connectivity index (χ3n) is 4.52. The summed E-state index contributed by atoms with van der Waals surface area (Å²) in [6.45, 7) is 6.67. The van der Waals surface area contributed by atoms with Crippen LogP contribution in [0.4, 0.5) is 5.69 Å². The van der Waals surface area contributed by atoms with E-state index in [2.05, 4.69) is 41.5 Å². The van der Waals surface area contributed by atoms with Gasteiger partial charge in [0.25, 0.3) is 0 Å². The highest BCUT2D eigenvalue weighted by molar-refractivity contribution is 5.98. The SMILES string of the molecule is CCc1cccc(NC)c1COc1ccc(C(N)=CC(C)=NC)cc1C. The minimum atomic E-state index is 0.535. The predicted molar refractivity (Wildman–Crippen MR) is 112 cm³/mol. The van der Waals surface area contributed by atoms with Gasteiger partial charge in [0.1, 0.15) is 12.4 Å². The molecule has 2 rings (SSSR count). The molecule has 0 aromatic heterocycles. The summed E-state index contributed by atoms with van der Waals surface area (Å²) in [6.07, 6.45) is 2.86. The van der Waals surface area contributed by atoms with Crippen molar-refractivity contribution in [2.24, 2.45) is 10.7 Å². The van der Waals surface area contributed by atoms with E-state index in [-0.39, 0.29) is 0 Å². The molecule has 4 heteroatoms. The molecule has 0 atom stereocenters. The molecule has 0 spiro atoms. The summed E-state index contributed by atoms with van der Waals surface area (Å²) in [5.41, 5.74) is 13.4. The molecule has 26 heavy (non-hydrogen) atoms. The number of aryl methyl sites for hydroxylation is 2. The van der Waals surface area contributed by atoms with Crippen LogP contribution in [0.3, 0.4) is 0 Å². The van der Waals surface area contributed by atoms with E-state index in [1.54, 1.807) is 7.05 Å². The highest BCUT2D eigenvalue weighted by Crippen LogP contribution is 2.26. The maximum absolute atomic E-state index is 6.16. The largest absolute Gasteiger partial charge is 0.489 e. The third kappa shape index (κ3) is 4.66. The van der Waals surface area contributed by atoms with Crippen molar-refractivity contribution in [3.63, 3.8) is 0 Å². The molecule has 3 N–H and O–H groups in total. The molecule has 0 aliphatic carbocycles. The zero-order chi connectivity index (χ0) is 19.1. The molecule has 4 nitrogen and oxygen atoms in total. The van der Waals surface area contributed by atoms with E-state index in [9.17, 15) is 0 Å². The second-order valence-electron chi connectivity index (χ2n) is 6.28. The number of nitrogens with one attached hydrogen (secondary N) is 1. The van der Waals surface area contributed by atoms with E-state index in [0.29, 0.717) is 12.3 Å². The van der Waals surface area contributed by atoms with Gasteiger partial charge in [-0.05, 0) is 67.3 Å². The molecular formula is C22H29N3O. The highest BCUT2D eigenvalue weighted by Gasteiger charge is 2.09. The quantitative estimate of drug-likeness (QED) is 0.719. The Balaban J connectivity index is 2.21. The van der Waals surface area contributed by atoms with E-state index in [4.69, 9.17) is 10.5 Å². The van der Waals surface area contributed by atoms with Crippen LogP contribution in [-0.2, 0) is 13.0 Å². The maximum atomic E-state index is 6.16. The smallest absolute Gasteiger partial charge is 0.122 e. The maximum Gasteiger partial charge on any atom is 0.122 e. The Labute approximate surface area is 156 Å². The summed E-state index contributed by atoms with van der Waals surface area (Å²) in [6, 6.07) is 12.3. The van der Waals surface area contributed by atoms with Crippen LogP contribution in [0.5, 0.6) is 5.75 Å².